The second-order valence-corrected chi connectivity index (χ2v) is 6.60. The van der Waals surface area contributed by atoms with Crippen molar-refractivity contribution in [2.75, 3.05) is 7.05 Å². The molecule has 0 spiro atoms. The number of hydrogen-bond acceptors (Lipinski definition) is 2. The Morgan fingerprint density at radius 2 is 1.76 bits per heavy atom. The van der Waals surface area contributed by atoms with Gasteiger partial charge in [0.05, 0.1) is 6.04 Å². The first kappa shape index (κ1) is 14.3. The fourth-order valence-electron chi connectivity index (χ4n) is 2.92. The third kappa shape index (κ3) is 2.61. The number of nitrogens with one attached hydrogen (secondary N) is 1. The van der Waals surface area contributed by atoms with Crippen molar-refractivity contribution in [2.24, 2.45) is 0 Å². The molecule has 0 bridgehead atoms. The Bertz CT molecular complexity index is 757. The maximum atomic E-state index is 3.49. The van der Waals surface area contributed by atoms with E-state index in [0.717, 1.165) is 6.42 Å². The van der Waals surface area contributed by atoms with Crippen LogP contribution in [0.5, 0.6) is 0 Å². The molecule has 2 aromatic carbocycles. The first-order valence-electron chi connectivity index (χ1n) is 7.48. The van der Waals surface area contributed by atoms with Crippen molar-refractivity contribution in [3.8, 4) is 0 Å². The van der Waals surface area contributed by atoms with E-state index in [-0.39, 0.29) is 6.04 Å². The summed E-state index contributed by atoms with van der Waals surface area (Å²) < 4.78 is 0. The lowest BCUT2D eigenvalue weighted by atomic mass is 9.95. The number of fused-ring (bicyclic) bond motifs is 1. The molecule has 21 heavy (non-hydrogen) atoms. The van der Waals surface area contributed by atoms with E-state index in [4.69, 9.17) is 0 Å². The highest BCUT2D eigenvalue weighted by Crippen LogP contribution is 2.33. The lowest BCUT2D eigenvalue weighted by Crippen LogP contribution is -2.16. The Kier molecular flexibility index (Phi) is 4.09. The summed E-state index contributed by atoms with van der Waals surface area (Å²) in [6.45, 7) is 4.39. The molecule has 0 saturated carbocycles. The van der Waals surface area contributed by atoms with E-state index in [1.165, 1.54) is 31.7 Å². The summed E-state index contributed by atoms with van der Waals surface area (Å²) in [6, 6.07) is 18.0. The maximum Gasteiger partial charge on any atom is 0.0674 e. The molecule has 0 radical (unpaired) electrons. The van der Waals surface area contributed by atoms with Gasteiger partial charge in [-0.05, 0) is 54.4 Å². The molecule has 0 amide bonds. The van der Waals surface area contributed by atoms with Crippen molar-refractivity contribution >= 4 is 22.1 Å². The molecule has 108 valence electrons. The summed E-state index contributed by atoms with van der Waals surface area (Å²) in [5.74, 6) is 0. The quantitative estimate of drug-likeness (QED) is 0.707. The third-order valence-electron chi connectivity index (χ3n) is 4.09. The standard InChI is InChI=1S/C19H21NS/c1-4-14-10-12-18(21-14)19(20-3)17-11-9-13(2)15-7-5-6-8-16(15)17/h5-12,19-20H,4H2,1-3H3. The number of hydrogen-bond donors (Lipinski definition) is 1. The molecule has 0 aliphatic rings. The zero-order valence-electron chi connectivity index (χ0n) is 12.8. The lowest BCUT2D eigenvalue weighted by molar-refractivity contribution is 0.709. The van der Waals surface area contributed by atoms with Crippen LogP contribution in [-0.2, 0) is 6.42 Å². The van der Waals surface area contributed by atoms with Crippen LogP contribution in [0.3, 0.4) is 0 Å². The molecule has 0 aliphatic carbocycles. The molecule has 2 heteroatoms. The van der Waals surface area contributed by atoms with E-state index in [2.05, 4.69) is 67.7 Å². The first-order chi connectivity index (χ1) is 10.2. The number of benzene rings is 2. The van der Waals surface area contributed by atoms with E-state index in [0.29, 0.717) is 0 Å². The summed E-state index contributed by atoms with van der Waals surface area (Å²) in [6.07, 6.45) is 1.11. The number of rotatable bonds is 4. The highest BCUT2D eigenvalue weighted by atomic mass is 32.1. The van der Waals surface area contributed by atoms with Gasteiger partial charge in [-0.15, -0.1) is 11.3 Å². The maximum absolute atomic E-state index is 3.49. The van der Waals surface area contributed by atoms with Crippen LogP contribution in [0.25, 0.3) is 10.8 Å². The minimum atomic E-state index is 0.265. The molecular weight excluding hydrogens is 274 g/mol. The Balaban J connectivity index is 2.15. The van der Waals surface area contributed by atoms with Crippen molar-refractivity contribution in [3.63, 3.8) is 0 Å². The van der Waals surface area contributed by atoms with Crippen molar-refractivity contribution in [1.29, 1.82) is 0 Å². The van der Waals surface area contributed by atoms with Gasteiger partial charge in [0.15, 0.2) is 0 Å². The van der Waals surface area contributed by atoms with Crippen LogP contribution < -0.4 is 5.32 Å². The van der Waals surface area contributed by atoms with Gasteiger partial charge >= 0.3 is 0 Å². The van der Waals surface area contributed by atoms with Gasteiger partial charge < -0.3 is 5.32 Å². The molecule has 0 saturated heterocycles. The third-order valence-corrected chi connectivity index (χ3v) is 5.39. The van der Waals surface area contributed by atoms with E-state index >= 15 is 0 Å². The average Bonchev–Trinajstić information content (AvgIpc) is 2.99. The molecule has 1 aromatic heterocycles. The van der Waals surface area contributed by atoms with Crippen molar-refractivity contribution in [1.82, 2.24) is 5.32 Å². The molecule has 1 unspecified atom stereocenters. The summed E-state index contributed by atoms with van der Waals surface area (Å²) >= 11 is 1.91. The largest absolute Gasteiger partial charge is 0.309 e. The Morgan fingerprint density at radius 1 is 1.00 bits per heavy atom. The predicted molar refractivity (Wildman–Crippen MR) is 93.3 cm³/mol. The monoisotopic (exact) mass is 295 g/mol. The minimum absolute atomic E-state index is 0.265. The van der Waals surface area contributed by atoms with Crippen molar-refractivity contribution in [2.45, 2.75) is 26.3 Å². The second kappa shape index (κ2) is 6.00. The Hall–Kier alpha value is -1.64. The molecule has 0 aliphatic heterocycles. The van der Waals surface area contributed by atoms with Crippen LogP contribution in [-0.4, -0.2) is 7.05 Å². The fraction of sp³-hybridized carbons (Fsp3) is 0.263. The van der Waals surface area contributed by atoms with E-state index in [9.17, 15) is 0 Å². The summed E-state index contributed by atoms with van der Waals surface area (Å²) in [4.78, 5) is 2.84. The Morgan fingerprint density at radius 3 is 2.43 bits per heavy atom. The molecule has 0 fully saturated rings. The first-order valence-corrected chi connectivity index (χ1v) is 8.30. The van der Waals surface area contributed by atoms with Gasteiger partial charge in [-0.1, -0.05) is 43.3 Å². The molecule has 1 heterocycles. The average molecular weight is 295 g/mol. The van der Waals surface area contributed by atoms with Gasteiger partial charge in [0.1, 0.15) is 0 Å². The highest BCUT2D eigenvalue weighted by Gasteiger charge is 2.17. The molecule has 1 N–H and O–H groups in total. The number of aryl methyl sites for hydroxylation is 2. The topological polar surface area (TPSA) is 12.0 Å². The summed E-state index contributed by atoms with van der Waals surface area (Å²) in [7, 11) is 2.05. The van der Waals surface area contributed by atoms with E-state index in [1.807, 2.05) is 18.4 Å². The van der Waals surface area contributed by atoms with Crippen LogP contribution in [0.2, 0.25) is 0 Å². The van der Waals surface area contributed by atoms with Gasteiger partial charge in [0.2, 0.25) is 0 Å². The molecule has 1 atom stereocenters. The van der Waals surface area contributed by atoms with E-state index < -0.39 is 0 Å². The Labute approximate surface area is 130 Å². The summed E-state index contributed by atoms with van der Waals surface area (Å²) in [5.41, 5.74) is 2.70. The van der Waals surface area contributed by atoms with Crippen LogP contribution in [0, 0.1) is 6.92 Å². The molecule has 3 rings (SSSR count). The van der Waals surface area contributed by atoms with Crippen LogP contribution in [0.1, 0.15) is 33.8 Å². The van der Waals surface area contributed by atoms with Gasteiger partial charge in [0.25, 0.3) is 0 Å². The minimum Gasteiger partial charge on any atom is -0.309 e. The fourth-order valence-corrected chi connectivity index (χ4v) is 4.00. The van der Waals surface area contributed by atoms with Gasteiger partial charge in [-0.25, -0.2) is 0 Å². The van der Waals surface area contributed by atoms with Crippen molar-refractivity contribution in [3.05, 3.63) is 69.4 Å². The predicted octanol–water partition coefficient (Wildman–Crippen LogP) is 5.08. The smallest absolute Gasteiger partial charge is 0.0674 e. The SMILES string of the molecule is CCc1ccc(C(NC)c2ccc(C)c3ccccc23)s1. The molecule has 1 nitrogen and oxygen atoms in total. The van der Waals surface area contributed by atoms with E-state index in [1.54, 1.807) is 0 Å². The normalized spacial score (nSPS) is 12.7. The van der Waals surface area contributed by atoms with Gasteiger partial charge in [-0.2, -0.15) is 0 Å². The van der Waals surface area contributed by atoms with Gasteiger partial charge in [-0.3, -0.25) is 0 Å². The molecule has 3 aromatic rings. The lowest BCUT2D eigenvalue weighted by Gasteiger charge is -2.18. The number of thiophene rings is 1. The zero-order chi connectivity index (χ0) is 14.8. The second-order valence-electron chi connectivity index (χ2n) is 5.40. The van der Waals surface area contributed by atoms with Crippen molar-refractivity contribution < 1.29 is 0 Å². The molecular formula is C19H21NS. The summed E-state index contributed by atoms with van der Waals surface area (Å²) in [5, 5.41) is 6.19. The van der Waals surface area contributed by atoms with Gasteiger partial charge in [0, 0.05) is 9.75 Å². The van der Waals surface area contributed by atoms with Crippen LogP contribution in [0.4, 0.5) is 0 Å². The highest BCUT2D eigenvalue weighted by molar-refractivity contribution is 7.12. The van der Waals surface area contributed by atoms with Crippen LogP contribution in [0.15, 0.2) is 48.5 Å². The zero-order valence-corrected chi connectivity index (χ0v) is 13.6. The van der Waals surface area contributed by atoms with Crippen LogP contribution >= 0.6 is 11.3 Å².